The summed E-state index contributed by atoms with van der Waals surface area (Å²) in [6.45, 7) is 2.08. The van der Waals surface area contributed by atoms with E-state index < -0.39 is 0 Å². The maximum atomic E-state index is 12.3. The molecule has 3 rings (SSSR count). The molecule has 0 saturated heterocycles. The Kier molecular flexibility index (Phi) is 6.01. The molecule has 2 aromatic carbocycles. The SMILES string of the molecule is COc1ccccc1CNc1ccc(C(=O)Nc2ccc(C(C)=O)cc2)nc1. The van der Waals surface area contributed by atoms with Crippen molar-refractivity contribution in [1.82, 2.24) is 4.98 Å². The number of rotatable bonds is 7. The summed E-state index contributed by atoms with van der Waals surface area (Å²) >= 11 is 0. The first-order chi connectivity index (χ1) is 13.6. The van der Waals surface area contributed by atoms with E-state index in [1.807, 2.05) is 24.3 Å². The van der Waals surface area contributed by atoms with Crippen LogP contribution in [0.5, 0.6) is 5.75 Å². The number of benzene rings is 2. The van der Waals surface area contributed by atoms with E-state index in [0.717, 1.165) is 17.0 Å². The minimum atomic E-state index is -0.313. The van der Waals surface area contributed by atoms with E-state index in [9.17, 15) is 9.59 Å². The van der Waals surface area contributed by atoms with E-state index in [1.54, 1.807) is 49.7 Å². The molecule has 0 radical (unpaired) electrons. The van der Waals surface area contributed by atoms with Crippen LogP contribution in [0.25, 0.3) is 0 Å². The molecule has 142 valence electrons. The van der Waals surface area contributed by atoms with Gasteiger partial charge in [-0.1, -0.05) is 18.2 Å². The van der Waals surface area contributed by atoms with Crippen molar-refractivity contribution in [1.29, 1.82) is 0 Å². The molecule has 0 spiro atoms. The summed E-state index contributed by atoms with van der Waals surface area (Å²) in [5.41, 5.74) is 3.34. The fourth-order valence-electron chi connectivity index (χ4n) is 2.66. The summed E-state index contributed by atoms with van der Waals surface area (Å²) in [6.07, 6.45) is 1.61. The smallest absolute Gasteiger partial charge is 0.274 e. The highest BCUT2D eigenvalue weighted by molar-refractivity contribution is 6.03. The number of hydrogen-bond donors (Lipinski definition) is 2. The first-order valence-corrected chi connectivity index (χ1v) is 8.81. The molecule has 1 heterocycles. The van der Waals surface area contributed by atoms with E-state index in [2.05, 4.69) is 15.6 Å². The Morgan fingerprint density at radius 1 is 0.964 bits per heavy atom. The van der Waals surface area contributed by atoms with Crippen LogP contribution in [0.1, 0.15) is 33.3 Å². The van der Waals surface area contributed by atoms with Gasteiger partial charge >= 0.3 is 0 Å². The average molecular weight is 375 g/mol. The average Bonchev–Trinajstić information content (AvgIpc) is 2.73. The largest absolute Gasteiger partial charge is 0.496 e. The maximum Gasteiger partial charge on any atom is 0.274 e. The van der Waals surface area contributed by atoms with Crippen molar-refractivity contribution < 1.29 is 14.3 Å². The van der Waals surface area contributed by atoms with E-state index in [1.165, 1.54) is 6.92 Å². The number of Topliss-reactive ketones (excluding diaryl/α,β-unsaturated/α-hetero) is 1. The van der Waals surface area contributed by atoms with E-state index in [4.69, 9.17) is 4.74 Å². The van der Waals surface area contributed by atoms with Crippen LogP contribution in [0, 0.1) is 0 Å². The van der Waals surface area contributed by atoms with E-state index in [0.29, 0.717) is 23.5 Å². The van der Waals surface area contributed by atoms with Crippen molar-refractivity contribution in [2.45, 2.75) is 13.5 Å². The highest BCUT2D eigenvalue weighted by atomic mass is 16.5. The first-order valence-electron chi connectivity index (χ1n) is 8.81. The number of hydrogen-bond acceptors (Lipinski definition) is 5. The second-order valence-electron chi connectivity index (χ2n) is 6.19. The van der Waals surface area contributed by atoms with Gasteiger partial charge in [0.05, 0.1) is 19.0 Å². The number of carbonyl (C=O) groups is 2. The second-order valence-corrected chi connectivity index (χ2v) is 6.19. The van der Waals surface area contributed by atoms with Gasteiger partial charge < -0.3 is 15.4 Å². The third-order valence-electron chi connectivity index (χ3n) is 4.22. The molecule has 0 aliphatic carbocycles. The number of anilines is 2. The summed E-state index contributed by atoms with van der Waals surface area (Å²) in [5, 5.41) is 6.03. The molecular weight excluding hydrogens is 354 g/mol. The van der Waals surface area contributed by atoms with E-state index >= 15 is 0 Å². The normalized spacial score (nSPS) is 10.2. The quantitative estimate of drug-likeness (QED) is 0.606. The van der Waals surface area contributed by atoms with Crippen LogP contribution in [0.4, 0.5) is 11.4 Å². The Balaban J connectivity index is 1.60. The number of ketones is 1. The highest BCUT2D eigenvalue weighted by Gasteiger charge is 2.09. The van der Waals surface area contributed by atoms with Crippen molar-refractivity contribution in [2.24, 2.45) is 0 Å². The molecule has 0 saturated carbocycles. The summed E-state index contributed by atoms with van der Waals surface area (Å²) in [4.78, 5) is 27.8. The molecule has 1 aromatic heterocycles. The van der Waals surface area contributed by atoms with Gasteiger partial charge in [0.15, 0.2) is 5.78 Å². The minimum absolute atomic E-state index is 0.0178. The summed E-state index contributed by atoms with van der Waals surface area (Å²) in [7, 11) is 1.64. The van der Waals surface area contributed by atoms with Crippen molar-refractivity contribution in [2.75, 3.05) is 17.7 Å². The molecule has 28 heavy (non-hydrogen) atoms. The minimum Gasteiger partial charge on any atom is -0.496 e. The first kappa shape index (κ1) is 19.1. The van der Waals surface area contributed by atoms with Gasteiger partial charge in [-0.25, -0.2) is 4.98 Å². The lowest BCUT2D eigenvalue weighted by molar-refractivity contribution is 0.101. The molecule has 0 atom stereocenters. The predicted octanol–water partition coefficient (Wildman–Crippen LogP) is 4.16. The lowest BCUT2D eigenvalue weighted by atomic mass is 10.1. The number of amides is 1. The molecule has 6 heteroatoms. The summed E-state index contributed by atoms with van der Waals surface area (Å²) < 4.78 is 5.33. The van der Waals surface area contributed by atoms with Gasteiger partial charge in [0.1, 0.15) is 11.4 Å². The number of aromatic nitrogens is 1. The van der Waals surface area contributed by atoms with Gasteiger partial charge in [0, 0.05) is 23.4 Å². The van der Waals surface area contributed by atoms with Gasteiger partial charge in [-0.05, 0) is 49.4 Å². The highest BCUT2D eigenvalue weighted by Crippen LogP contribution is 2.19. The van der Waals surface area contributed by atoms with Crippen molar-refractivity contribution in [3.63, 3.8) is 0 Å². The summed E-state index contributed by atoms with van der Waals surface area (Å²) in [6, 6.07) is 18.0. The monoisotopic (exact) mass is 375 g/mol. The molecule has 1 amide bonds. The van der Waals surface area contributed by atoms with Crippen molar-refractivity contribution in [3.8, 4) is 5.75 Å². The van der Waals surface area contributed by atoms with Crippen LogP contribution in [0.15, 0.2) is 66.9 Å². The standard InChI is InChI=1S/C22H21N3O3/c1-15(26)16-7-9-18(10-8-16)25-22(27)20-12-11-19(14-24-20)23-13-17-5-3-4-6-21(17)28-2/h3-12,14,23H,13H2,1-2H3,(H,25,27). The predicted molar refractivity (Wildman–Crippen MR) is 109 cm³/mol. The molecule has 0 aliphatic heterocycles. The molecule has 0 unspecified atom stereocenters. The number of nitrogens with zero attached hydrogens (tertiary/aromatic N) is 1. The molecular formula is C22H21N3O3. The van der Waals surface area contributed by atoms with Crippen LogP contribution < -0.4 is 15.4 Å². The molecule has 0 bridgehead atoms. The number of para-hydroxylation sites is 1. The fourth-order valence-corrected chi connectivity index (χ4v) is 2.66. The Morgan fingerprint density at radius 3 is 2.32 bits per heavy atom. The van der Waals surface area contributed by atoms with Crippen molar-refractivity contribution >= 4 is 23.1 Å². The summed E-state index contributed by atoms with van der Waals surface area (Å²) in [5.74, 6) is 0.484. The van der Waals surface area contributed by atoms with Gasteiger partial charge in [0.2, 0.25) is 0 Å². The van der Waals surface area contributed by atoms with Gasteiger partial charge in [0.25, 0.3) is 5.91 Å². The fraction of sp³-hybridized carbons (Fsp3) is 0.136. The number of pyridine rings is 1. The van der Waals surface area contributed by atoms with Gasteiger partial charge in [-0.3, -0.25) is 9.59 Å². The Hall–Kier alpha value is -3.67. The zero-order chi connectivity index (χ0) is 19.9. The third kappa shape index (κ3) is 4.73. The van der Waals surface area contributed by atoms with Gasteiger partial charge in [-0.15, -0.1) is 0 Å². The van der Waals surface area contributed by atoms with Crippen LogP contribution >= 0.6 is 0 Å². The molecule has 3 aromatic rings. The Bertz CT molecular complexity index is 967. The van der Waals surface area contributed by atoms with Crippen LogP contribution in [0.3, 0.4) is 0 Å². The second kappa shape index (κ2) is 8.81. The van der Waals surface area contributed by atoms with E-state index in [-0.39, 0.29) is 11.7 Å². The lowest BCUT2D eigenvalue weighted by Gasteiger charge is -2.10. The van der Waals surface area contributed by atoms with Crippen LogP contribution in [0.2, 0.25) is 0 Å². The third-order valence-corrected chi connectivity index (χ3v) is 4.22. The number of ether oxygens (including phenoxy) is 1. The number of nitrogens with one attached hydrogen (secondary N) is 2. The Morgan fingerprint density at radius 2 is 1.68 bits per heavy atom. The van der Waals surface area contributed by atoms with Crippen molar-refractivity contribution in [3.05, 3.63) is 83.7 Å². The maximum absolute atomic E-state index is 12.3. The molecule has 6 nitrogen and oxygen atoms in total. The zero-order valence-electron chi connectivity index (χ0n) is 15.7. The van der Waals surface area contributed by atoms with Crippen LogP contribution in [-0.2, 0) is 6.54 Å². The number of methoxy groups -OCH3 is 1. The Labute approximate surface area is 163 Å². The molecule has 0 aliphatic rings. The molecule has 2 N–H and O–H groups in total. The lowest BCUT2D eigenvalue weighted by Crippen LogP contribution is -2.14. The number of carbonyl (C=O) groups excluding carboxylic acids is 2. The van der Waals surface area contributed by atoms with Crippen LogP contribution in [-0.4, -0.2) is 23.8 Å². The zero-order valence-corrected chi connectivity index (χ0v) is 15.7. The molecule has 0 fully saturated rings. The van der Waals surface area contributed by atoms with Gasteiger partial charge in [-0.2, -0.15) is 0 Å². The topological polar surface area (TPSA) is 80.3 Å².